The molecule has 0 radical (unpaired) electrons. The molecule has 0 saturated carbocycles. The number of anilines is 2. The number of carbonyl (C=O) groups is 2. The Morgan fingerprint density at radius 2 is 1.93 bits per heavy atom. The van der Waals surface area contributed by atoms with Crippen LogP contribution in [-0.2, 0) is 21.2 Å². The van der Waals surface area contributed by atoms with Crippen LogP contribution >= 0.6 is 0 Å². The van der Waals surface area contributed by atoms with Crippen LogP contribution in [0.15, 0.2) is 47.4 Å². The lowest BCUT2D eigenvalue weighted by Gasteiger charge is -2.24. The molecule has 1 atom stereocenters. The third-order valence-corrected chi connectivity index (χ3v) is 5.54. The van der Waals surface area contributed by atoms with E-state index >= 15 is 0 Å². The van der Waals surface area contributed by atoms with Crippen molar-refractivity contribution >= 4 is 33.1 Å². The molecule has 1 heterocycles. The van der Waals surface area contributed by atoms with E-state index < -0.39 is 10.0 Å². The lowest BCUT2D eigenvalue weighted by atomic mass is 10.1. The zero-order chi connectivity index (χ0) is 19.8. The van der Waals surface area contributed by atoms with E-state index in [1.165, 1.54) is 13.0 Å². The number of para-hydroxylation sites is 1. The van der Waals surface area contributed by atoms with Gasteiger partial charge in [-0.1, -0.05) is 12.1 Å². The lowest BCUT2D eigenvalue weighted by molar-refractivity contribution is -0.115. The Hall–Kier alpha value is -2.71. The van der Waals surface area contributed by atoms with Gasteiger partial charge in [0.2, 0.25) is 15.9 Å². The van der Waals surface area contributed by atoms with Gasteiger partial charge in [-0.15, -0.1) is 0 Å². The van der Waals surface area contributed by atoms with Gasteiger partial charge in [-0.2, -0.15) is 0 Å². The van der Waals surface area contributed by atoms with Crippen LogP contribution in [0.4, 0.5) is 11.4 Å². The smallest absolute Gasteiger partial charge is 0.243 e. The maximum atomic E-state index is 12.5. The van der Waals surface area contributed by atoms with Crippen LogP contribution in [0.25, 0.3) is 0 Å². The maximum absolute atomic E-state index is 12.5. The van der Waals surface area contributed by atoms with Crippen molar-refractivity contribution in [2.45, 2.75) is 31.2 Å². The first kappa shape index (κ1) is 19.1. The van der Waals surface area contributed by atoms with E-state index in [1.807, 2.05) is 11.8 Å². The fraction of sp³-hybridized carbons (Fsp3) is 0.263. The van der Waals surface area contributed by atoms with Crippen molar-refractivity contribution < 1.29 is 18.0 Å². The van der Waals surface area contributed by atoms with Crippen molar-refractivity contribution in [3.8, 4) is 0 Å². The number of carbonyl (C=O) groups excluding carboxylic acids is 2. The number of hydrogen-bond acceptors (Lipinski definition) is 5. The molecule has 1 amide bonds. The number of nitrogens with zero attached hydrogens (tertiary/aromatic N) is 1. The van der Waals surface area contributed by atoms with Crippen LogP contribution in [0, 0.1) is 0 Å². The second kappa shape index (κ2) is 7.13. The monoisotopic (exact) mass is 387 g/mol. The summed E-state index contributed by atoms with van der Waals surface area (Å²) >= 11 is 0. The Balaban J connectivity index is 1.79. The average Bonchev–Trinajstić information content (AvgIpc) is 2.89. The van der Waals surface area contributed by atoms with Gasteiger partial charge >= 0.3 is 0 Å². The van der Waals surface area contributed by atoms with E-state index in [1.54, 1.807) is 36.4 Å². The molecular formula is C19H21N3O4S. The first-order valence-corrected chi connectivity index (χ1v) is 10.0. The van der Waals surface area contributed by atoms with Gasteiger partial charge in [0.1, 0.15) is 0 Å². The number of nitrogens with two attached hydrogens (primary N) is 1. The van der Waals surface area contributed by atoms with Gasteiger partial charge in [0.15, 0.2) is 5.78 Å². The van der Waals surface area contributed by atoms with Crippen LogP contribution in [0.5, 0.6) is 0 Å². The summed E-state index contributed by atoms with van der Waals surface area (Å²) in [6.07, 6.45) is 0.621. The Kier molecular flexibility index (Phi) is 5.03. The predicted molar refractivity (Wildman–Crippen MR) is 103 cm³/mol. The highest BCUT2D eigenvalue weighted by Gasteiger charge is 2.28. The van der Waals surface area contributed by atoms with Crippen LogP contribution in [0.2, 0.25) is 0 Å². The number of fused-ring (bicyclic) bond motifs is 1. The van der Waals surface area contributed by atoms with Gasteiger partial charge in [-0.3, -0.25) is 9.59 Å². The zero-order valence-corrected chi connectivity index (χ0v) is 15.9. The van der Waals surface area contributed by atoms with Gasteiger partial charge in [-0.05, 0) is 56.2 Å². The van der Waals surface area contributed by atoms with Gasteiger partial charge in [0.05, 0.1) is 17.1 Å². The number of Topliss-reactive ketones (excluding diaryl/α,β-unsaturated/α-hetero) is 1. The number of amides is 1. The molecule has 1 aliphatic rings. The molecule has 0 bridgehead atoms. The molecule has 8 heteroatoms. The third kappa shape index (κ3) is 4.01. The van der Waals surface area contributed by atoms with Crippen LogP contribution < -0.4 is 15.4 Å². The second-order valence-corrected chi connectivity index (χ2v) is 8.23. The van der Waals surface area contributed by atoms with Crippen molar-refractivity contribution in [2.75, 3.05) is 16.8 Å². The van der Waals surface area contributed by atoms with Gasteiger partial charge in [-0.25, -0.2) is 13.6 Å². The van der Waals surface area contributed by atoms with Crippen molar-refractivity contribution in [2.24, 2.45) is 5.14 Å². The minimum absolute atomic E-state index is 0.0320. The van der Waals surface area contributed by atoms with Crippen molar-refractivity contribution in [1.82, 2.24) is 0 Å². The fourth-order valence-corrected chi connectivity index (χ4v) is 3.90. The quantitative estimate of drug-likeness (QED) is 0.762. The topological polar surface area (TPSA) is 110 Å². The standard InChI is InChI=1S/C19H21N3O4S/c1-12-9-14-10-15(27(20,25)26)7-8-18(14)22(12)11-19(24)21-17-6-4-3-5-16(17)13(2)23/h3-8,10,12H,9,11H2,1-2H3,(H,21,24)(H2,20,25,26)/t12-/m0/s1. The average molecular weight is 387 g/mol. The predicted octanol–water partition coefficient (Wildman–Crippen LogP) is 1.93. The van der Waals surface area contributed by atoms with E-state index in [9.17, 15) is 18.0 Å². The molecule has 3 N–H and O–H groups in total. The first-order valence-electron chi connectivity index (χ1n) is 8.49. The zero-order valence-electron chi connectivity index (χ0n) is 15.1. The Bertz CT molecular complexity index is 1020. The van der Waals surface area contributed by atoms with Gasteiger partial charge in [0.25, 0.3) is 0 Å². The summed E-state index contributed by atoms with van der Waals surface area (Å²) in [7, 11) is -3.77. The van der Waals surface area contributed by atoms with Crippen LogP contribution in [0.1, 0.15) is 29.8 Å². The minimum Gasteiger partial charge on any atom is -0.359 e. The second-order valence-electron chi connectivity index (χ2n) is 6.67. The molecule has 0 fully saturated rings. The molecule has 2 aromatic carbocycles. The van der Waals surface area contributed by atoms with Gasteiger partial charge in [0, 0.05) is 17.3 Å². The number of nitrogens with one attached hydrogen (secondary N) is 1. The molecular weight excluding hydrogens is 366 g/mol. The van der Waals surface area contributed by atoms with Crippen molar-refractivity contribution in [1.29, 1.82) is 0 Å². The molecule has 0 unspecified atom stereocenters. The highest BCUT2D eigenvalue weighted by Crippen LogP contribution is 2.33. The summed E-state index contributed by atoms with van der Waals surface area (Å²) in [5.41, 5.74) is 2.58. The maximum Gasteiger partial charge on any atom is 0.243 e. The Morgan fingerprint density at radius 1 is 1.22 bits per heavy atom. The number of benzene rings is 2. The lowest BCUT2D eigenvalue weighted by Crippen LogP contribution is -2.37. The normalized spacial score (nSPS) is 16.1. The largest absolute Gasteiger partial charge is 0.359 e. The number of hydrogen-bond donors (Lipinski definition) is 2. The summed E-state index contributed by atoms with van der Waals surface area (Å²) in [6, 6.07) is 11.6. The molecule has 3 rings (SSSR count). The van der Waals surface area contributed by atoms with Gasteiger partial charge < -0.3 is 10.2 Å². The molecule has 1 aliphatic heterocycles. The van der Waals surface area contributed by atoms with E-state index in [0.717, 1.165) is 11.3 Å². The molecule has 0 spiro atoms. The Morgan fingerprint density at radius 3 is 2.59 bits per heavy atom. The molecule has 142 valence electrons. The van der Waals surface area contributed by atoms with E-state index in [0.29, 0.717) is 17.7 Å². The van der Waals surface area contributed by atoms with E-state index in [2.05, 4.69) is 5.32 Å². The highest BCUT2D eigenvalue weighted by molar-refractivity contribution is 7.89. The summed E-state index contributed by atoms with van der Waals surface area (Å²) < 4.78 is 23.1. The number of sulfonamides is 1. The molecule has 2 aromatic rings. The summed E-state index contributed by atoms with van der Waals surface area (Å²) in [5, 5.41) is 7.98. The Labute approximate surface area is 158 Å². The number of ketones is 1. The summed E-state index contributed by atoms with van der Waals surface area (Å²) in [4.78, 5) is 26.2. The van der Waals surface area contributed by atoms with Crippen molar-refractivity contribution in [3.63, 3.8) is 0 Å². The third-order valence-electron chi connectivity index (χ3n) is 4.63. The highest BCUT2D eigenvalue weighted by atomic mass is 32.2. The molecule has 0 saturated heterocycles. The fourth-order valence-electron chi connectivity index (χ4n) is 3.33. The number of rotatable bonds is 5. The van der Waals surface area contributed by atoms with Crippen molar-refractivity contribution in [3.05, 3.63) is 53.6 Å². The van der Waals surface area contributed by atoms with Crippen LogP contribution in [0.3, 0.4) is 0 Å². The number of primary sulfonamides is 1. The van der Waals surface area contributed by atoms with E-state index in [-0.39, 0.29) is 29.2 Å². The SMILES string of the molecule is CC(=O)c1ccccc1NC(=O)CN1c2ccc(S(N)(=O)=O)cc2C[C@@H]1C. The molecule has 7 nitrogen and oxygen atoms in total. The van der Waals surface area contributed by atoms with E-state index in [4.69, 9.17) is 5.14 Å². The summed E-state index contributed by atoms with van der Waals surface area (Å²) in [5.74, 6) is -0.375. The van der Waals surface area contributed by atoms with Crippen LogP contribution in [-0.4, -0.2) is 32.7 Å². The molecule has 0 aromatic heterocycles. The minimum atomic E-state index is -3.77. The summed E-state index contributed by atoms with van der Waals surface area (Å²) in [6.45, 7) is 3.51. The molecule has 0 aliphatic carbocycles. The first-order chi connectivity index (χ1) is 12.7. The molecule has 27 heavy (non-hydrogen) atoms.